The van der Waals surface area contributed by atoms with Crippen molar-refractivity contribution in [3.8, 4) is 0 Å². The number of carbonyl (C=O) groups is 1. The molecule has 2 aliphatic heterocycles. The van der Waals surface area contributed by atoms with Crippen molar-refractivity contribution in [2.75, 3.05) is 13.2 Å². The van der Waals surface area contributed by atoms with E-state index in [1.807, 2.05) is 0 Å². The number of nitrogens with zero attached hydrogens (tertiary/aromatic N) is 1. The number of fused-ring (bicyclic) bond motifs is 2. The number of ketones is 1. The number of carbonyl (C=O) groups excluding carboxylic acids is 1. The minimum absolute atomic E-state index is 0.239. The van der Waals surface area contributed by atoms with Crippen LogP contribution in [0.15, 0.2) is 0 Å². The molecule has 2 saturated heterocycles. The first kappa shape index (κ1) is 8.86. The Morgan fingerprint density at radius 3 is 2.93 bits per heavy atom. The number of Topliss-reactive ketones (excluding diaryl/α,β-unsaturated/α-hetero) is 1. The van der Waals surface area contributed by atoms with Crippen LogP contribution in [0.5, 0.6) is 0 Å². The van der Waals surface area contributed by atoms with Crippen molar-refractivity contribution >= 4 is 5.78 Å². The Balaban J connectivity index is 1.72. The molecule has 1 saturated carbocycles. The molecule has 0 N–H and O–H groups in total. The normalized spacial score (nSPS) is 43.4. The summed E-state index contributed by atoms with van der Waals surface area (Å²) in [6, 6.07) is 0.787. The molecule has 3 fully saturated rings. The van der Waals surface area contributed by atoms with E-state index in [0.29, 0.717) is 17.9 Å². The molecular weight excluding hydrogens is 178 g/mol. The fourth-order valence-electron chi connectivity index (χ4n) is 3.13. The third-order valence-electron chi connectivity index (χ3n) is 3.87. The average Bonchev–Trinajstić information content (AvgIpc) is 2.79. The second kappa shape index (κ2) is 3.31. The van der Waals surface area contributed by atoms with E-state index in [4.69, 9.17) is 4.74 Å². The summed E-state index contributed by atoms with van der Waals surface area (Å²) in [5, 5.41) is 0. The molecule has 0 radical (unpaired) electrons. The molecule has 3 rings (SSSR count). The maximum absolute atomic E-state index is 11.8. The first-order valence-corrected chi connectivity index (χ1v) is 5.74. The summed E-state index contributed by atoms with van der Waals surface area (Å²) in [7, 11) is 0. The number of likely N-dealkylation sites (tertiary alicyclic amines) is 1. The van der Waals surface area contributed by atoms with Crippen LogP contribution in [0.1, 0.15) is 32.1 Å². The van der Waals surface area contributed by atoms with Crippen LogP contribution in [-0.4, -0.2) is 42.0 Å². The van der Waals surface area contributed by atoms with Gasteiger partial charge in [0.2, 0.25) is 0 Å². The predicted octanol–water partition coefficient (Wildman–Crippen LogP) is 0.971. The zero-order valence-corrected chi connectivity index (χ0v) is 8.45. The first-order chi connectivity index (χ1) is 6.84. The number of morpholine rings is 1. The predicted molar refractivity (Wildman–Crippen MR) is 52.1 cm³/mol. The fourth-order valence-corrected chi connectivity index (χ4v) is 3.13. The molecule has 0 amide bonds. The zero-order valence-electron chi connectivity index (χ0n) is 8.45. The fraction of sp³-hybridized carbons (Fsp3) is 0.909. The Morgan fingerprint density at radius 2 is 2.29 bits per heavy atom. The molecule has 2 heterocycles. The van der Waals surface area contributed by atoms with Gasteiger partial charge in [-0.05, 0) is 19.3 Å². The van der Waals surface area contributed by atoms with E-state index >= 15 is 0 Å². The van der Waals surface area contributed by atoms with Gasteiger partial charge in [-0.2, -0.15) is 0 Å². The van der Waals surface area contributed by atoms with Crippen LogP contribution in [0.4, 0.5) is 0 Å². The van der Waals surface area contributed by atoms with Gasteiger partial charge in [0.05, 0.1) is 18.8 Å². The highest BCUT2D eigenvalue weighted by Gasteiger charge is 2.44. The van der Waals surface area contributed by atoms with Crippen molar-refractivity contribution in [1.29, 1.82) is 0 Å². The Hall–Kier alpha value is -0.410. The Labute approximate surface area is 84.4 Å². The maximum atomic E-state index is 11.8. The van der Waals surface area contributed by atoms with Crippen molar-refractivity contribution in [3.05, 3.63) is 0 Å². The van der Waals surface area contributed by atoms with E-state index in [1.165, 1.54) is 6.42 Å². The number of hydrogen-bond acceptors (Lipinski definition) is 3. The van der Waals surface area contributed by atoms with E-state index in [1.54, 1.807) is 0 Å². The molecule has 3 unspecified atom stereocenters. The van der Waals surface area contributed by atoms with Gasteiger partial charge < -0.3 is 4.74 Å². The van der Waals surface area contributed by atoms with Gasteiger partial charge >= 0.3 is 0 Å². The second-order valence-electron chi connectivity index (χ2n) is 4.77. The highest BCUT2D eigenvalue weighted by Crippen LogP contribution is 2.32. The zero-order chi connectivity index (χ0) is 9.54. The second-order valence-corrected chi connectivity index (χ2v) is 4.77. The third-order valence-corrected chi connectivity index (χ3v) is 3.87. The highest BCUT2D eigenvalue weighted by atomic mass is 16.5. The summed E-state index contributed by atoms with van der Waals surface area (Å²) in [6.45, 7) is 1.86. The van der Waals surface area contributed by atoms with Gasteiger partial charge in [0.1, 0.15) is 5.78 Å². The van der Waals surface area contributed by atoms with E-state index in [0.717, 1.165) is 38.8 Å². The molecule has 3 atom stereocenters. The van der Waals surface area contributed by atoms with E-state index in [2.05, 4.69) is 4.90 Å². The van der Waals surface area contributed by atoms with Crippen LogP contribution in [-0.2, 0) is 9.53 Å². The third kappa shape index (κ3) is 1.30. The topological polar surface area (TPSA) is 29.5 Å². The first-order valence-electron chi connectivity index (χ1n) is 5.74. The molecule has 3 nitrogen and oxygen atoms in total. The SMILES string of the molecule is O=C1CCCCC1N1CC2CC1CO2. The Kier molecular flexibility index (Phi) is 2.10. The van der Waals surface area contributed by atoms with Crippen molar-refractivity contribution in [2.24, 2.45) is 0 Å². The standard InChI is InChI=1S/C11H17NO2/c13-11-4-2-1-3-10(11)12-6-9-5-8(12)7-14-9/h8-10H,1-7H2. The largest absolute Gasteiger partial charge is 0.375 e. The van der Waals surface area contributed by atoms with Crippen LogP contribution in [0, 0.1) is 0 Å². The molecule has 0 aromatic carbocycles. The Morgan fingerprint density at radius 1 is 1.36 bits per heavy atom. The van der Waals surface area contributed by atoms with E-state index < -0.39 is 0 Å². The summed E-state index contributed by atoms with van der Waals surface area (Å²) < 4.78 is 5.56. The average molecular weight is 195 g/mol. The van der Waals surface area contributed by atoms with Gasteiger partial charge in [0.25, 0.3) is 0 Å². The van der Waals surface area contributed by atoms with Crippen LogP contribution in [0.2, 0.25) is 0 Å². The molecule has 1 aliphatic carbocycles. The Bertz CT molecular complexity index is 254. The minimum atomic E-state index is 0.239. The van der Waals surface area contributed by atoms with Crippen LogP contribution in [0.3, 0.4) is 0 Å². The molecule has 3 heteroatoms. The molecule has 0 spiro atoms. The van der Waals surface area contributed by atoms with Crippen LogP contribution in [0.25, 0.3) is 0 Å². The van der Waals surface area contributed by atoms with Crippen LogP contribution < -0.4 is 0 Å². The molecule has 2 bridgehead atoms. The molecule has 78 valence electrons. The summed E-state index contributed by atoms with van der Waals surface area (Å²) in [6.07, 6.45) is 5.80. The van der Waals surface area contributed by atoms with E-state index in [-0.39, 0.29) is 6.04 Å². The molecule has 3 aliphatic rings. The minimum Gasteiger partial charge on any atom is -0.375 e. The lowest BCUT2D eigenvalue weighted by molar-refractivity contribution is -0.128. The van der Waals surface area contributed by atoms with Crippen molar-refractivity contribution < 1.29 is 9.53 Å². The van der Waals surface area contributed by atoms with Gasteiger partial charge in [0.15, 0.2) is 0 Å². The number of hydrogen-bond donors (Lipinski definition) is 0. The summed E-state index contributed by atoms with van der Waals surface area (Å²) in [5.41, 5.74) is 0. The van der Waals surface area contributed by atoms with Crippen LogP contribution >= 0.6 is 0 Å². The molecule has 0 aromatic heterocycles. The lowest BCUT2D eigenvalue weighted by atomic mass is 9.92. The summed E-state index contributed by atoms with van der Waals surface area (Å²) >= 11 is 0. The van der Waals surface area contributed by atoms with E-state index in [9.17, 15) is 4.79 Å². The lowest BCUT2D eigenvalue weighted by Crippen LogP contribution is -2.49. The van der Waals surface area contributed by atoms with Crippen molar-refractivity contribution in [2.45, 2.75) is 50.3 Å². The monoisotopic (exact) mass is 195 g/mol. The summed E-state index contributed by atoms with van der Waals surface area (Å²) in [4.78, 5) is 14.2. The van der Waals surface area contributed by atoms with Crippen molar-refractivity contribution in [1.82, 2.24) is 4.90 Å². The van der Waals surface area contributed by atoms with Gasteiger partial charge in [-0.3, -0.25) is 9.69 Å². The quantitative estimate of drug-likeness (QED) is 0.624. The maximum Gasteiger partial charge on any atom is 0.149 e. The van der Waals surface area contributed by atoms with Gasteiger partial charge in [-0.25, -0.2) is 0 Å². The summed E-state index contributed by atoms with van der Waals surface area (Å²) in [5.74, 6) is 0.476. The van der Waals surface area contributed by atoms with Gasteiger partial charge in [-0.15, -0.1) is 0 Å². The number of ether oxygens (including phenoxy) is 1. The van der Waals surface area contributed by atoms with Crippen molar-refractivity contribution in [3.63, 3.8) is 0 Å². The molecular formula is C11H17NO2. The van der Waals surface area contributed by atoms with Gasteiger partial charge in [-0.1, -0.05) is 6.42 Å². The smallest absolute Gasteiger partial charge is 0.149 e. The van der Waals surface area contributed by atoms with Gasteiger partial charge in [0, 0.05) is 19.0 Å². The highest BCUT2D eigenvalue weighted by molar-refractivity contribution is 5.84. The lowest BCUT2D eigenvalue weighted by Gasteiger charge is -2.35. The molecule has 14 heavy (non-hydrogen) atoms. The molecule has 0 aromatic rings. The number of rotatable bonds is 1.